The van der Waals surface area contributed by atoms with Crippen LogP contribution >= 0.6 is 23.2 Å². The van der Waals surface area contributed by atoms with Crippen molar-refractivity contribution in [3.63, 3.8) is 0 Å². The van der Waals surface area contributed by atoms with E-state index < -0.39 is 17.4 Å². The van der Waals surface area contributed by atoms with Crippen molar-refractivity contribution in [3.05, 3.63) is 58.1 Å². The number of halogens is 2. The Labute approximate surface area is 195 Å². The SMILES string of the molecule is CCN1C(=O)[C@@]2(c3ccccc31)[C@@H]1C(=O)N(c3cc(Cl)ccc3Cl)C(=O)[C@@H]1[C@H]1CCCN12. The van der Waals surface area contributed by atoms with E-state index in [-0.39, 0.29) is 34.5 Å². The van der Waals surface area contributed by atoms with Crippen molar-refractivity contribution in [3.8, 4) is 0 Å². The van der Waals surface area contributed by atoms with Crippen molar-refractivity contribution < 1.29 is 14.4 Å². The highest BCUT2D eigenvalue weighted by molar-refractivity contribution is 6.38. The molecule has 4 atom stereocenters. The lowest BCUT2D eigenvalue weighted by molar-refractivity contribution is -0.137. The number of amides is 3. The van der Waals surface area contributed by atoms with Gasteiger partial charge in [-0.05, 0) is 50.6 Å². The summed E-state index contributed by atoms with van der Waals surface area (Å²) in [6.45, 7) is 3.12. The number of hydrogen-bond acceptors (Lipinski definition) is 4. The number of nitrogens with zero attached hydrogens (tertiary/aromatic N) is 3. The van der Waals surface area contributed by atoms with Crippen molar-refractivity contribution in [2.75, 3.05) is 22.9 Å². The molecule has 4 heterocycles. The fourth-order valence-corrected chi connectivity index (χ4v) is 6.92. The molecule has 8 heteroatoms. The summed E-state index contributed by atoms with van der Waals surface area (Å²) in [6.07, 6.45) is 1.66. The lowest BCUT2D eigenvalue weighted by Gasteiger charge is -2.37. The van der Waals surface area contributed by atoms with Gasteiger partial charge in [-0.1, -0.05) is 41.4 Å². The third-order valence-corrected chi connectivity index (χ3v) is 8.16. The number of rotatable bonds is 2. The molecular weight excluding hydrogens is 449 g/mol. The van der Waals surface area contributed by atoms with E-state index in [1.54, 1.807) is 23.1 Å². The largest absolute Gasteiger partial charge is 0.310 e. The highest BCUT2D eigenvalue weighted by Crippen LogP contribution is 2.62. The third kappa shape index (κ3) is 2.23. The zero-order valence-corrected chi connectivity index (χ0v) is 18.9. The fourth-order valence-electron chi connectivity index (χ4n) is 6.55. The predicted molar refractivity (Wildman–Crippen MR) is 122 cm³/mol. The van der Waals surface area contributed by atoms with Gasteiger partial charge in [0.15, 0.2) is 0 Å². The molecule has 4 aliphatic heterocycles. The zero-order valence-electron chi connectivity index (χ0n) is 17.4. The molecule has 0 radical (unpaired) electrons. The zero-order chi connectivity index (χ0) is 22.4. The van der Waals surface area contributed by atoms with Gasteiger partial charge in [0, 0.05) is 28.9 Å². The lowest BCUT2D eigenvalue weighted by atomic mass is 9.75. The summed E-state index contributed by atoms with van der Waals surface area (Å²) in [4.78, 5) is 46.9. The van der Waals surface area contributed by atoms with Gasteiger partial charge in [-0.2, -0.15) is 0 Å². The molecule has 0 aliphatic carbocycles. The number of fused-ring (bicyclic) bond motifs is 7. The van der Waals surface area contributed by atoms with E-state index in [9.17, 15) is 14.4 Å². The van der Waals surface area contributed by atoms with Crippen LogP contribution in [0.4, 0.5) is 11.4 Å². The minimum absolute atomic E-state index is 0.110. The molecule has 3 fully saturated rings. The second kappa shape index (κ2) is 6.80. The van der Waals surface area contributed by atoms with Gasteiger partial charge in [0.2, 0.25) is 11.8 Å². The Balaban J connectivity index is 1.58. The van der Waals surface area contributed by atoms with Crippen LogP contribution in [0.5, 0.6) is 0 Å². The summed E-state index contributed by atoms with van der Waals surface area (Å²) < 4.78 is 0. The predicted octanol–water partition coefficient (Wildman–Crippen LogP) is 3.84. The van der Waals surface area contributed by atoms with Gasteiger partial charge < -0.3 is 4.90 Å². The number of carbonyl (C=O) groups excluding carboxylic acids is 3. The minimum Gasteiger partial charge on any atom is -0.310 e. The topological polar surface area (TPSA) is 60.9 Å². The minimum atomic E-state index is -1.16. The second-order valence-corrected chi connectivity index (χ2v) is 9.69. The monoisotopic (exact) mass is 469 g/mol. The highest BCUT2D eigenvalue weighted by atomic mass is 35.5. The normalized spacial score (nSPS) is 31.1. The van der Waals surface area contributed by atoms with Crippen molar-refractivity contribution in [2.45, 2.75) is 31.3 Å². The van der Waals surface area contributed by atoms with Crippen LogP contribution in [0.2, 0.25) is 10.0 Å². The summed E-state index contributed by atoms with van der Waals surface area (Å²) in [7, 11) is 0. The molecule has 0 aromatic heterocycles. The smallest absolute Gasteiger partial charge is 0.253 e. The molecule has 164 valence electrons. The third-order valence-electron chi connectivity index (χ3n) is 7.61. The van der Waals surface area contributed by atoms with Crippen molar-refractivity contribution in [1.29, 1.82) is 0 Å². The van der Waals surface area contributed by atoms with Gasteiger partial charge in [-0.15, -0.1) is 0 Å². The number of likely N-dealkylation sites (N-methyl/N-ethyl adjacent to an activating group) is 1. The van der Waals surface area contributed by atoms with Gasteiger partial charge in [0.25, 0.3) is 5.91 Å². The number of anilines is 2. The number of para-hydroxylation sites is 1. The van der Waals surface area contributed by atoms with Gasteiger partial charge in [0.05, 0.1) is 22.5 Å². The first-order valence-electron chi connectivity index (χ1n) is 10.9. The van der Waals surface area contributed by atoms with Crippen LogP contribution in [0.1, 0.15) is 25.3 Å². The maximum absolute atomic E-state index is 14.1. The van der Waals surface area contributed by atoms with Crippen LogP contribution in [0.15, 0.2) is 42.5 Å². The molecule has 0 saturated carbocycles. The van der Waals surface area contributed by atoms with Crippen LogP contribution in [0.3, 0.4) is 0 Å². The van der Waals surface area contributed by atoms with E-state index in [2.05, 4.69) is 4.90 Å². The summed E-state index contributed by atoms with van der Waals surface area (Å²) in [5.41, 5.74) is 0.775. The Morgan fingerprint density at radius 1 is 1.03 bits per heavy atom. The summed E-state index contributed by atoms with van der Waals surface area (Å²) in [5.74, 6) is -2.16. The maximum Gasteiger partial charge on any atom is 0.253 e. The van der Waals surface area contributed by atoms with E-state index in [0.717, 1.165) is 24.1 Å². The first-order chi connectivity index (χ1) is 15.4. The molecule has 6 rings (SSSR count). The van der Waals surface area contributed by atoms with E-state index in [1.165, 1.54) is 4.90 Å². The van der Waals surface area contributed by atoms with E-state index >= 15 is 0 Å². The molecule has 6 nitrogen and oxygen atoms in total. The molecule has 0 unspecified atom stereocenters. The first kappa shape index (κ1) is 20.2. The standard InChI is InChI=1S/C24H21Cl2N3O3/c1-2-27-16-7-4-3-6-14(16)24(23(27)32)20-19(17-8-5-11-28(17)24)21(30)29(22(20)31)18-12-13(25)9-10-15(18)26/h3-4,6-7,9-10,12,17,19-20H,2,5,8,11H2,1H3/t17-,19-,20+,24-/m1/s1. The van der Waals surface area contributed by atoms with Gasteiger partial charge in [-0.3, -0.25) is 19.3 Å². The average molecular weight is 470 g/mol. The molecule has 32 heavy (non-hydrogen) atoms. The quantitative estimate of drug-likeness (QED) is 0.626. The average Bonchev–Trinajstić information content (AvgIpc) is 3.48. The second-order valence-electron chi connectivity index (χ2n) is 8.85. The molecule has 0 N–H and O–H groups in total. The first-order valence-corrected chi connectivity index (χ1v) is 11.7. The molecule has 4 aliphatic rings. The van der Waals surface area contributed by atoms with Crippen molar-refractivity contribution in [1.82, 2.24) is 4.90 Å². The van der Waals surface area contributed by atoms with Crippen LogP contribution < -0.4 is 9.80 Å². The molecule has 2 aromatic carbocycles. The van der Waals surface area contributed by atoms with Gasteiger partial charge in [0.1, 0.15) is 5.54 Å². The van der Waals surface area contributed by atoms with Crippen LogP contribution in [-0.4, -0.2) is 41.8 Å². The number of imide groups is 1. The van der Waals surface area contributed by atoms with Crippen LogP contribution in [0, 0.1) is 11.8 Å². The Morgan fingerprint density at radius 2 is 1.81 bits per heavy atom. The number of carbonyl (C=O) groups is 3. The highest BCUT2D eigenvalue weighted by Gasteiger charge is 2.75. The molecule has 3 saturated heterocycles. The summed E-state index contributed by atoms with van der Waals surface area (Å²) >= 11 is 12.6. The molecule has 1 spiro atoms. The summed E-state index contributed by atoms with van der Waals surface area (Å²) in [5, 5.41) is 0.667. The van der Waals surface area contributed by atoms with Crippen LogP contribution in [0.25, 0.3) is 0 Å². The fraction of sp³-hybridized carbons (Fsp3) is 0.375. The van der Waals surface area contributed by atoms with E-state index in [0.29, 0.717) is 18.1 Å². The van der Waals surface area contributed by atoms with Gasteiger partial charge >= 0.3 is 0 Å². The Morgan fingerprint density at radius 3 is 2.59 bits per heavy atom. The Kier molecular flexibility index (Phi) is 4.29. The van der Waals surface area contributed by atoms with E-state index in [4.69, 9.17) is 23.2 Å². The number of benzene rings is 2. The Bertz CT molecular complexity index is 1200. The molecule has 3 amide bonds. The molecule has 2 aromatic rings. The Hall–Kier alpha value is -2.41. The molecular formula is C24H21Cl2N3O3. The lowest BCUT2D eigenvalue weighted by Crippen LogP contribution is -2.56. The van der Waals surface area contributed by atoms with Crippen molar-refractivity contribution in [2.24, 2.45) is 11.8 Å². The van der Waals surface area contributed by atoms with Gasteiger partial charge in [-0.25, -0.2) is 4.90 Å². The molecule has 0 bridgehead atoms. The van der Waals surface area contributed by atoms with Crippen LogP contribution in [-0.2, 0) is 19.9 Å². The summed E-state index contributed by atoms with van der Waals surface area (Å²) in [6, 6.07) is 12.3. The van der Waals surface area contributed by atoms with Crippen molar-refractivity contribution >= 4 is 52.3 Å². The van der Waals surface area contributed by atoms with E-state index in [1.807, 2.05) is 31.2 Å². The maximum atomic E-state index is 14.1. The number of hydrogen-bond donors (Lipinski definition) is 0.